The molecule has 1 fully saturated rings. The Balaban J connectivity index is 2.39. The van der Waals surface area contributed by atoms with Gasteiger partial charge >= 0.3 is 0 Å². The quantitative estimate of drug-likeness (QED) is 0.778. The van der Waals surface area contributed by atoms with Crippen molar-refractivity contribution in [2.24, 2.45) is 11.3 Å². The Hall–Kier alpha value is -0.0800. The summed E-state index contributed by atoms with van der Waals surface area (Å²) in [6, 6.07) is 0.556. The summed E-state index contributed by atoms with van der Waals surface area (Å²) in [6.07, 6.45) is 5.33. The van der Waals surface area contributed by atoms with Crippen LogP contribution in [0.1, 0.15) is 53.4 Å². The van der Waals surface area contributed by atoms with E-state index in [4.69, 9.17) is 4.74 Å². The van der Waals surface area contributed by atoms with Gasteiger partial charge in [-0.1, -0.05) is 27.7 Å². The normalized spacial score (nSPS) is 29.6. The molecule has 0 heterocycles. The average molecular weight is 227 g/mol. The van der Waals surface area contributed by atoms with E-state index < -0.39 is 0 Å². The molecule has 0 amide bonds. The second kappa shape index (κ2) is 6.02. The van der Waals surface area contributed by atoms with Gasteiger partial charge in [0, 0.05) is 12.6 Å². The Morgan fingerprint density at radius 3 is 2.62 bits per heavy atom. The predicted octanol–water partition coefficient (Wildman–Crippen LogP) is 3.22. The van der Waals surface area contributed by atoms with Crippen LogP contribution < -0.4 is 5.32 Å². The van der Waals surface area contributed by atoms with Crippen LogP contribution in [0.15, 0.2) is 0 Å². The van der Waals surface area contributed by atoms with Crippen LogP contribution in [0.2, 0.25) is 0 Å². The predicted molar refractivity (Wildman–Crippen MR) is 69.7 cm³/mol. The number of hydrogen-bond donors (Lipinski definition) is 1. The number of nitrogens with one attached hydrogen (secondary N) is 1. The van der Waals surface area contributed by atoms with Crippen molar-refractivity contribution in [1.82, 2.24) is 5.32 Å². The summed E-state index contributed by atoms with van der Waals surface area (Å²) in [6.45, 7) is 10.1. The topological polar surface area (TPSA) is 21.3 Å². The average Bonchev–Trinajstić information content (AvgIpc) is 2.16. The zero-order chi connectivity index (χ0) is 12.2. The lowest BCUT2D eigenvalue weighted by molar-refractivity contribution is -0.0297. The molecule has 1 rings (SSSR count). The smallest absolute Gasteiger partial charge is 0.0733 e. The van der Waals surface area contributed by atoms with Gasteiger partial charge in [0.15, 0.2) is 0 Å². The van der Waals surface area contributed by atoms with E-state index in [9.17, 15) is 0 Å². The molecule has 0 aliphatic heterocycles. The first-order valence-electron chi connectivity index (χ1n) is 6.73. The second-order valence-electron chi connectivity index (χ2n) is 6.39. The van der Waals surface area contributed by atoms with Gasteiger partial charge in [-0.25, -0.2) is 0 Å². The third kappa shape index (κ3) is 4.42. The minimum Gasteiger partial charge on any atom is -0.377 e. The van der Waals surface area contributed by atoms with Gasteiger partial charge in [-0.15, -0.1) is 0 Å². The van der Waals surface area contributed by atoms with Gasteiger partial charge in [0.05, 0.1) is 6.10 Å². The molecular formula is C14H29NO. The summed E-state index contributed by atoms with van der Waals surface area (Å²) in [5.74, 6) is 0.740. The highest BCUT2D eigenvalue weighted by atomic mass is 16.5. The van der Waals surface area contributed by atoms with Gasteiger partial charge in [0.25, 0.3) is 0 Å². The molecule has 1 saturated carbocycles. The number of rotatable bonds is 5. The van der Waals surface area contributed by atoms with Gasteiger partial charge in [-0.3, -0.25) is 0 Å². The van der Waals surface area contributed by atoms with Crippen molar-refractivity contribution in [3.05, 3.63) is 0 Å². The van der Waals surface area contributed by atoms with Gasteiger partial charge < -0.3 is 10.1 Å². The Kier molecular flexibility index (Phi) is 5.26. The van der Waals surface area contributed by atoms with E-state index in [1.54, 1.807) is 0 Å². The fraction of sp³-hybridized carbons (Fsp3) is 1.00. The first-order chi connectivity index (χ1) is 7.44. The molecule has 0 aromatic rings. The van der Waals surface area contributed by atoms with Crippen molar-refractivity contribution >= 4 is 0 Å². The molecule has 0 spiro atoms. The molecule has 2 nitrogen and oxygen atoms in total. The zero-order valence-electron chi connectivity index (χ0n) is 11.7. The first kappa shape index (κ1) is 14.0. The van der Waals surface area contributed by atoms with Crippen molar-refractivity contribution in [2.45, 2.75) is 65.5 Å². The summed E-state index contributed by atoms with van der Waals surface area (Å²) >= 11 is 0. The van der Waals surface area contributed by atoms with Gasteiger partial charge in [-0.05, 0) is 44.1 Å². The van der Waals surface area contributed by atoms with Crippen LogP contribution in [0.25, 0.3) is 0 Å². The molecule has 16 heavy (non-hydrogen) atoms. The molecule has 0 aromatic heterocycles. The van der Waals surface area contributed by atoms with Crippen molar-refractivity contribution < 1.29 is 4.74 Å². The lowest BCUT2D eigenvalue weighted by Gasteiger charge is -2.40. The highest BCUT2D eigenvalue weighted by molar-refractivity contribution is 4.89. The van der Waals surface area contributed by atoms with Crippen LogP contribution in [0.4, 0.5) is 0 Å². The van der Waals surface area contributed by atoms with E-state index >= 15 is 0 Å². The molecule has 1 aliphatic rings. The van der Waals surface area contributed by atoms with Gasteiger partial charge in [-0.2, -0.15) is 0 Å². The summed E-state index contributed by atoms with van der Waals surface area (Å²) in [5, 5.41) is 3.40. The van der Waals surface area contributed by atoms with Crippen LogP contribution in [0.3, 0.4) is 0 Å². The monoisotopic (exact) mass is 227 g/mol. The molecule has 1 N–H and O–H groups in total. The fourth-order valence-corrected chi connectivity index (χ4v) is 2.48. The minimum absolute atomic E-state index is 0.410. The summed E-state index contributed by atoms with van der Waals surface area (Å²) in [4.78, 5) is 0. The van der Waals surface area contributed by atoms with E-state index in [0.29, 0.717) is 17.6 Å². The lowest BCUT2D eigenvalue weighted by atomic mass is 9.74. The Morgan fingerprint density at radius 1 is 1.38 bits per heavy atom. The standard InChI is InChI=1S/C14H29NO/c1-11(2)7-9-16-13-10-14(3,4)8-6-12(13)15-5/h11-13,15H,6-10H2,1-5H3. The van der Waals surface area contributed by atoms with E-state index in [-0.39, 0.29) is 0 Å². The van der Waals surface area contributed by atoms with Crippen LogP contribution in [0.5, 0.6) is 0 Å². The van der Waals surface area contributed by atoms with Gasteiger partial charge in [0.1, 0.15) is 0 Å². The summed E-state index contributed by atoms with van der Waals surface area (Å²) in [7, 11) is 2.06. The van der Waals surface area contributed by atoms with Crippen molar-refractivity contribution in [3.8, 4) is 0 Å². The largest absolute Gasteiger partial charge is 0.377 e. The number of ether oxygens (including phenoxy) is 1. The molecule has 0 radical (unpaired) electrons. The highest BCUT2D eigenvalue weighted by Gasteiger charge is 2.34. The molecule has 2 unspecified atom stereocenters. The molecule has 0 bridgehead atoms. The van der Waals surface area contributed by atoms with Crippen LogP contribution in [-0.4, -0.2) is 25.8 Å². The van der Waals surface area contributed by atoms with Crippen molar-refractivity contribution in [1.29, 1.82) is 0 Å². The lowest BCUT2D eigenvalue weighted by Crippen LogP contribution is -2.46. The molecule has 96 valence electrons. The molecule has 2 atom stereocenters. The Bertz CT molecular complexity index is 201. The first-order valence-corrected chi connectivity index (χ1v) is 6.73. The second-order valence-corrected chi connectivity index (χ2v) is 6.39. The fourth-order valence-electron chi connectivity index (χ4n) is 2.48. The number of likely N-dealkylation sites (N-methyl/N-ethyl adjacent to an activating group) is 1. The molecule has 0 saturated heterocycles. The van der Waals surface area contributed by atoms with Gasteiger partial charge in [0.2, 0.25) is 0 Å². The van der Waals surface area contributed by atoms with Crippen LogP contribution in [0, 0.1) is 11.3 Å². The molecular weight excluding hydrogens is 198 g/mol. The van der Waals surface area contributed by atoms with Crippen LogP contribution in [-0.2, 0) is 4.74 Å². The highest BCUT2D eigenvalue weighted by Crippen LogP contribution is 2.36. The van der Waals surface area contributed by atoms with E-state index in [1.807, 2.05) is 0 Å². The Morgan fingerprint density at radius 2 is 2.06 bits per heavy atom. The summed E-state index contributed by atoms with van der Waals surface area (Å²) in [5.41, 5.74) is 0.454. The molecule has 1 aliphatic carbocycles. The van der Waals surface area contributed by atoms with Crippen LogP contribution >= 0.6 is 0 Å². The molecule has 0 aromatic carbocycles. The maximum atomic E-state index is 6.07. The van der Waals surface area contributed by atoms with E-state index in [1.165, 1.54) is 25.7 Å². The van der Waals surface area contributed by atoms with E-state index in [0.717, 1.165) is 12.5 Å². The Labute approximate surface area is 101 Å². The third-order valence-corrected chi connectivity index (χ3v) is 3.73. The number of hydrogen-bond acceptors (Lipinski definition) is 2. The zero-order valence-corrected chi connectivity index (χ0v) is 11.7. The maximum Gasteiger partial charge on any atom is 0.0733 e. The van der Waals surface area contributed by atoms with Crippen molar-refractivity contribution in [2.75, 3.05) is 13.7 Å². The third-order valence-electron chi connectivity index (χ3n) is 3.73. The SMILES string of the molecule is CNC1CCC(C)(C)CC1OCCC(C)C. The van der Waals surface area contributed by atoms with E-state index in [2.05, 4.69) is 40.1 Å². The molecule has 2 heteroatoms. The summed E-state index contributed by atoms with van der Waals surface area (Å²) < 4.78 is 6.07. The minimum atomic E-state index is 0.410. The van der Waals surface area contributed by atoms with Crippen molar-refractivity contribution in [3.63, 3.8) is 0 Å². The maximum absolute atomic E-state index is 6.07.